The highest BCUT2D eigenvalue weighted by Crippen LogP contribution is 2.31. The van der Waals surface area contributed by atoms with Crippen LogP contribution in [0.5, 0.6) is 5.88 Å². The molecule has 0 spiro atoms. The summed E-state index contributed by atoms with van der Waals surface area (Å²) in [6.07, 6.45) is -3.83. The number of ether oxygens (including phenoxy) is 2. The van der Waals surface area contributed by atoms with Gasteiger partial charge in [0.25, 0.3) is 5.89 Å². The largest absolute Gasteiger partial charge is 0.467 e. The number of hydrogen-bond donors (Lipinski definition) is 0. The summed E-state index contributed by atoms with van der Waals surface area (Å²) in [6.45, 7) is 2.14. The number of benzene rings is 1. The molecule has 0 aliphatic carbocycles. The average molecular weight is 394 g/mol. The van der Waals surface area contributed by atoms with Gasteiger partial charge in [-0.25, -0.2) is 4.98 Å². The van der Waals surface area contributed by atoms with Gasteiger partial charge in [0.1, 0.15) is 5.82 Å². The predicted octanol–water partition coefficient (Wildman–Crippen LogP) is 3.83. The lowest BCUT2D eigenvalue weighted by molar-refractivity contribution is -0.137. The Morgan fingerprint density at radius 2 is 1.89 bits per heavy atom. The molecule has 28 heavy (non-hydrogen) atoms. The SMILES string of the molecule is CCc1nc(COC)cc(OCc2nc(-c3cccc(C(F)(F)F)c3)no2)n1. The van der Waals surface area contributed by atoms with Crippen LogP contribution in [0.2, 0.25) is 0 Å². The van der Waals surface area contributed by atoms with Gasteiger partial charge in [-0.3, -0.25) is 0 Å². The van der Waals surface area contributed by atoms with Crippen molar-refractivity contribution in [3.63, 3.8) is 0 Å². The molecule has 2 aromatic heterocycles. The van der Waals surface area contributed by atoms with Crippen molar-refractivity contribution in [2.75, 3.05) is 7.11 Å². The summed E-state index contributed by atoms with van der Waals surface area (Å²) in [5, 5.41) is 3.72. The quantitative estimate of drug-likeness (QED) is 0.602. The maximum absolute atomic E-state index is 12.8. The lowest BCUT2D eigenvalue weighted by atomic mass is 10.1. The molecule has 0 saturated heterocycles. The summed E-state index contributed by atoms with van der Waals surface area (Å²) in [5.41, 5.74) is 0.0772. The van der Waals surface area contributed by atoms with Crippen molar-refractivity contribution in [1.29, 1.82) is 0 Å². The summed E-state index contributed by atoms with van der Waals surface area (Å²) in [5.74, 6) is 1.07. The molecule has 0 aliphatic heterocycles. The van der Waals surface area contributed by atoms with Crippen LogP contribution in [0.3, 0.4) is 0 Å². The fourth-order valence-electron chi connectivity index (χ4n) is 2.38. The van der Waals surface area contributed by atoms with Gasteiger partial charge in [-0.05, 0) is 12.1 Å². The molecule has 0 N–H and O–H groups in total. The van der Waals surface area contributed by atoms with E-state index >= 15 is 0 Å². The third-order valence-electron chi connectivity index (χ3n) is 3.67. The molecular formula is C18H17F3N4O3. The van der Waals surface area contributed by atoms with Gasteiger partial charge in [0.15, 0.2) is 6.61 Å². The van der Waals surface area contributed by atoms with Crippen LogP contribution in [-0.2, 0) is 30.5 Å². The maximum atomic E-state index is 12.8. The minimum absolute atomic E-state index is 0.0432. The number of methoxy groups -OCH3 is 1. The van der Waals surface area contributed by atoms with Gasteiger partial charge in [-0.1, -0.05) is 24.2 Å². The summed E-state index contributed by atoms with van der Waals surface area (Å²) < 4.78 is 54.2. The zero-order valence-electron chi connectivity index (χ0n) is 15.2. The Labute approximate surface area is 158 Å². The van der Waals surface area contributed by atoms with Crippen LogP contribution in [-0.4, -0.2) is 27.2 Å². The van der Waals surface area contributed by atoms with E-state index in [4.69, 9.17) is 14.0 Å². The third-order valence-corrected chi connectivity index (χ3v) is 3.67. The van der Waals surface area contributed by atoms with Gasteiger partial charge in [0.2, 0.25) is 11.7 Å². The highest BCUT2D eigenvalue weighted by Gasteiger charge is 2.30. The van der Waals surface area contributed by atoms with Crippen molar-refractivity contribution >= 4 is 0 Å². The van der Waals surface area contributed by atoms with E-state index in [0.29, 0.717) is 30.4 Å². The van der Waals surface area contributed by atoms with E-state index in [-0.39, 0.29) is 23.9 Å². The first kappa shape index (κ1) is 19.7. The van der Waals surface area contributed by atoms with E-state index < -0.39 is 11.7 Å². The minimum atomic E-state index is -4.45. The topological polar surface area (TPSA) is 83.2 Å². The van der Waals surface area contributed by atoms with Crippen LogP contribution in [0.1, 0.15) is 29.9 Å². The van der Waals surface area contributed by atoms with E-state index in [1.807, 2.05) is 6.92 Å². The van der Waals surface area contributed by atoms with Gasteiger partial charge < -0.3 is 14.0 Å². The Balaban J connectivity index is 1.73. The number of halogens is 3. The molecular weight excluding hydrogens is 377 g/mol. The summed E-state index contributed by atoms with van der Waals surface area (Å²) in [6, 6.07) is 6.33. The first-order valence-electron chi connectivity index (χ1n) is 8.38. The summed E-state index contributed by atoms with van der Waals surface area (Å²) in [4.78, 5) is 12.6. The lowest BCUT2D eigenvalue weighted by Gasteiger charge is -2.07. The van der Waals surface area contributed by atoms with E-state index in [0.717, 1.165) is 12.1 Å². The molecule has 0 amide bonds. The molecule has 0 radical (unpaired) electrons. The average Bonchev–Trinajstić information content (AvgIpc) is 3.15. The van der Waals surface area contributed by atoms with Crippen LogP contribution in [0.15, 0.2) is 34.9 Å². The second kappa shape index (κ2) is 8.34. The van der Waals surface area contributed by atoms with Crippen molar-refractivity contribution in [3.05, 3.63) is 53.3 Å². The van der Waals surface area contributed by atoms with Crippen LogP contribution in [0, 0.1) is 0 Å². The highest BCUT2D eigenvalue weighted by molar-refractivity contribution is 5.55. The zero-order chi connectivity index (χ0) is 20.1. The van der Waals surface area contributed by atoms with E-state index in [2.05, 4.69) is 20.1 Å². The predicted molar refractivity (Wildman–Crippen MR) is 91.2 cm³/mol. The van der Waals surface area contributed by atoms with Crippen molar-refractivity contribution < 1.29 is 27.2 Å². The van der Waals surface area contributed by atoms with Crippen molar-refractivity contribution in [3.8, 4) is 17.3 Å². The summed E-state index contributed by atoms with van der Waals surface area (Å²) in [7, 11) is 1.56. The fraction of sp³-hybridized carbons (Fsp3) is 0.333. The molecule has 7 nitrogen and oxygen atoms in total. The Hall–Kier alpha value is -3.01. The fourth-order valence-corrected chi connectivity index (χ4v) is 2.38. The molecule has 0 atom stereocenters. The molecule has 0 unspecified atom stereocenters. The molecule has 0 bridgehead atoms. The number of rotatable bonds is 7. The van der Waals surface area contributed by atoms with E-state index in [1.165, 1.54) is 12.1 Å². The second-order valence-electron chi connectivity index (χ2n) is 5.78. The number of nitrogens with zero attached hydrogens (tertiary/aromatic N) is 4. The minimum Gasteiger partial charge on any atom is -0.467 e. The normalized spacial score (nSPS) is 11.6. The third kappa shape index (κ3) is 4.83. The van der Waals surface area contributed by atoms with Crippen LogP contribution >= 0.6 is 0 Å². The number of hydrogen-bond acceptors (Lipinski definition) is 7. The van der Waals surface area contributed by atoms with Gasteiger partial charge in [-0.2, -0.15) is 23.1 Å². The standard InChI is InChI=1S/C18H17F3N4O3/c1-3-14-22-13(9-26-2)8-15(23-14)27-10-16-24-17(25-28-16)11-5-4-6-12(7-11)18(19,20)21/h4-8H,3,9-10H2,1-2H3. The number of aromatic nitrogens is 4. The molecule has 2 heterocycles. The van der Waals surface area contributed by atoms with Gasteiger partial charge in [0.05, 0.1) is 17.9 Å². The van der Waals surface area contributed by atoms with Gasteiger partial charge in [0, 0.05) is 25.2 Å². The Morgan fingerprint density at radius 1 is 1.07 bits per heavy atom. The molecule has 1 aromatic carbocycles. The van der Waals surface area contributed by atoms with Crippen LogP contribution < -0.4 is 4.74 Å². The Bertz CT molecular complexity index is 944. The molecule has 0 saturated carbocycles. The molecule has 0 aliphatic rings. The Kier molecular flexibility index (Phi) is 5.88. The summed E-state index contributed by atoms with van der Waals surface area (Å²) >= 11 is 0. The van der Waals surface area contributed by atoms with Crippen LogP contribution in [0.4, 0.5) is 13.2 Å². The number of alkyl halides is 3. The number of aryl methyl sites for hydroxylation is 1. The van der Waals surface area contributed by atoms with Crippen LogP contribution in [0.25, 0.3) is 11.4 Å². The van der Waals surface area contributed by atoms with E-state index in [9.17, 15) is 13.2 Å². The molecule has 0 fully saturated rings. The first-order chi connectivity index (χ1) is 13.4. The monoisotopic (exact) mass is 394 g/mol. The zero-order valence-corrected chi connectivity index (χ0v) is 15.2. The molecule has 3 aromatic rings. The van der Waals surface area contributed by atoms with E-state index in [1.54, 1.807) is 13.2 Å². The molecule has 3 rings (SSSR count). The van der Waals surface area contributed by atoms with Gasteiger partial charge in [-0.15, -0.1) is 0 Å². The van der Waals surface area contributed by atoms with Crippen molar-refractivity contribution in [2.45, 2.75) is 32.7 Å². The molecule has 148 valence electrons. The Morgan fingerprint density at radius 3 is 2.61 bits per heavy atom. The smallest absolute Gasteiger partial charge is 0.416 e. The second-order valence-corrected chi connectivity index (χ2v) is 5.78. The first-order valence-corrected chi connectivity index (χ1v) is 8.38. The molecule has 10 heteroatoms. The highest BCUT2D eigenvalue weighted by atomic mass is 19.4. The van der Waals surface area contributed by atoms with Gasteiger partial charge >= 0.3 is 6.18 Å². The lowest BCUT2D eigenvalue weighted by Crippen LogP contribution is -2.05. The maximum Gasteiger partial charge on any atom is 0.416 e. The van der Waals surface area contributed by atoms with Crippen molar-refractivity contribution in [1.82, 2.24) is 20.1 Å². The van der Waals surface area contributed by atoms with Crippen molar-refractivity contribution in [2.24, 2.45) is 0 Å².